The highest BCUT2D eigenvalue weighted by atomic mass is 79.9. The first kappa shape index (κ1) is 15.7. The second kappa shape index (κ2) is 6.24. The van der Waals surface area contributed by atoms with E-state index in [2.05, 4.69) is 27.8 Å². The van der Waals surface area contributed by atoms with Crippen LogP contribution in [0, 0.1) is 0 Å². The van der Waals surface area contributed by atoms with Gasteiger partial charge in [0.1, 0.15) is 10.4 Å². The molecular weight excluding hydrogens is 370 g/mol. The van der Waals surface area contributed by atoms with E-state index in [0.29, 0.717) is 18.6 Å². The van der Waals surface area contributed by atoms with Gasteiger partial charge in [-0.1, -0.05) is 13.3 Å². The summed E-state index contributed by atoms with van der Waals surface area (Å²) in [6, 6.07) is 8.05. The maximum absolute atomic E-state index is 12.5. The fourth-order valence-electron chi connectivity index (χ4n) is 2.97. The minimum absolute atomic E-state index is 0.0177. The molecule has 2 aliphatic rings. The van der Waals surface area contributed by atoms with Gasteiger partial charge in [0.05, 0.1) is 18.5 Å². The molecule has 0 N–H and O–H groups in total. The van der Waals surface area contributed by atoms with Crippen LogP contribution in [0.4, 0.5) is 0 Å². The number of imidazole rings is 1. The van der Waals surface area contributed by atoms with Crippen molar-refractivity contribution in [2.24, 2.45) is 0 Å². The number of halogens is 1. The highest BCUT2D eigenvalue weighted by molar-refractivity contribution is 9.10. The van der Waals surface area contributed by atoms with Crippen LogP contribution < -0.4 is 4.74 Å². The van der Waals surface area contributed by atoms with Gasteiger partial charge in [-0.3, -0.25) is 4.79 Å². The Hall–Kier alpha value is -1.82. The second-order valence-corrected chi connectivity index (χ2v) is 7.16. The van der Waals surface area contributed by atoms with E-state index in [9.17, 15) is 4.79 Å². The first-order valence-corrected chi connectivity index (χ1v) is 9.29. The molecule has 1 aromatic heterocycles. The Morgan fingerprint density at radius 3 is 2.71 bits per heavy atom. The SMILES string of the molecule is CCCCN1Cn2c(nc(Br)c2-c2ccc(OC3CC3)cc2)C1=O. The Morgan fingerprint density at radius 2 is 2.04 bits per heavy atom. The number of aromatic nitrogens is 2. The molecule has 0 radical (unpaired) electrons. The molecule has 5 nitrogen and oxygen atoms in total. The number of unbranched alkanes of at least 4 members (excludes halogenated alkanes) is 1. The Balaban J connectivity index is 1.60. The fraction of sp³-hybridized carbons (Fsp3) is 0.444. The second-order valence-electron chi connectivity index (χ2n) is 6.41. The van der Waals surface area contributed by atoms with Gasteiger partial charge in [-0.05, 0) is 59.5 Å². The monoisotopic (exact) mass is 389 g/mol. The van der Waals surface area contributed by atoms with Crippen LogP contribution in [0.2, 0.25) is 0 Å². The molecule has 0 unspecified atom stereocenters. The molecule has 2 aromatic rings. The fourth-order valence-corrected chi connectivity index (χ4v) is 3.58. The lowest BCUT2D eigenvalue weighted by Gasteiger charge is -2.15. The van der Waals surface area contributed by atoms with Crippen molar-refractivity contribution in [1.82, 2.24) is 14.5 Å². The van der Waals surface area contributed by atoms with Gasteiger partial charge in [-0.25, -0.2) is 4.98 Å². The third kappa shape index (κ3) is 2.83. The first-order valence-electron chi connectivity index (χ1n) is 8.49. The third-order valence-electron chi connectivity index (χ3n) is 4.45. The van der Waals surface area contributed by atoms with Crippen LogP contribution in [0.3, 0.4) is 0 Å². The van der Waals surface area contributed by atoms with Crippen molar-refractivity contribution in [2.45, 2.75) is 45.4 Å². The molecule has 1 saturated carbocycles. The highest BCUT2D eigenvalue weighted by Crippen LogP contribution is 2.34. The summed E-state index contributed by atoms with van der Waals surface area (Å²) < 4.78 is 8.52. The molecule has 1 aromatic carbocycles. The minimum atomic E-state index is 0.0177. The minimum Gasteiger partial charge on any atom is -0.490 e. The van der Waals surface area contributed by atoms with Crippen molar-refractivity contribution in [3.05, 3.63) is 34.7 Å². The van der Waals surface area contributed by atoms with Gasteiger partial charge in [0.2, 0.25) is 5.82 Å². The number of hydrogen-bond acceptors (Lipinski definition) is 3. The van der Waals surface area contributed by atoms with Crippen molar-refractivity contribution < 1.29 is 9.53 Å². The quantitative estimate of drug-likeness (QED) is 0.747. The third-order valence-corrected chi connectivity index (χ3v) is 5.01. The number of carbonyl (C=O) groups is 1. The number of amides is 1. The van der Waals surface area contributed by atoms with E-state index >= 15 is 0 Å². The van der Waals surface area contributed by atoms with Crippen molar-refractivity contribution in [3.8, 4) is 17.0 Å². The van der Waals surface area contributed by atoms with Gasteiger partial charge < -0.3 is 14.2 Å². The molecule has 0 bridgehead atoms. The molecule has 6 heteroatoms. The van der Waals surface area contributed by atoms with E-state index in [0.717, 1.165) is 53.8 Å². The molecule has 24 heavy (non-hydrogen) atoms. The topological polar surface area (TPSA) is 47.4 Å². The van der Waals surface area contributed by atoms with Crippen LogP contribution >= 0.6 is 15.9 Å². The Kier molecular flexibility index (Phi) is 4.08. The van der Waals surface area contributed by atoms with E-state index in [1.54, 1.807) is 0 Å². The van der Waals surface area contributed by atoms with Crippen LogP contribution in [0.25, 0.3) is 11.3 Å². The van der Waals surface area contributed by atoms with E-state index in [1.807, 2.05) is 33.7 Å². The van der Waals surface area contributed by atoms with Crippen LogP contribution in [0.5, 0.6) is 5.75 Å². The van der Waals surface area contributed by atoms with Gasteiger partial charge >= 0.3 is 0 Å². The van der Waals surface area contributed by atoms with Crippen LogP contribution in [-0.2, 0) is 6.67 Å². The van der Waals surface area contributed by atoms with Gasteiger partial charge in [0, 0.05) is 12.1 Å². The number of fused-ring (bicyclic) bond motifs is 1. The molecule has 0 saturated heterocycles. The Labute approximate surface area is 149 Å². The highest BCUT2D eigenvalue weighted by Gasteiger charge is 2.32. The molecule has 0 atom stereocenters. The molecule has 4 rings (SSSR count). The molecule has 2 heterocycles. The number of hydrogen-bond donors (Lipinski definition) is 0. The summed E-state index contributed by atoms with van der Waals surface area (Å²) in [5.41, 5.74) is 1.99. The van der Waals surface area contributed by atoms with Crippen molar-refractivity contribution in [3.63, 3.8) is 0 Å². The summed E-state index contributed by atoms with van der Waals surface area (Å²) in [5, 5.41) is 0. The molecule has 1 aliphatic heterocycles. The van der Waals surface area contributed by atoms with Crippen molar-refractivity contribution >= 4 is 21.8 Å². The largest absolute Gasteiger partial charge is 0.490 e. The number of benzene rings is 1. The number of carbonyl (C=O) groups excluding carboxylic acids is 1. The molecule has 0 spiro atoms. The van der Waals surface area contributed by atoms with E-state index < -0.39 is 0 Å². The predicted molar refractivity (Wildman–Crippen MR) is 95.0 cm³/mol. The van der Waals surface area contributed by atoms with E-state index in [1.165, 1.54) is 0 Å². The lowest BCUT2D eigenvalue weighted by Crippen LogP contribution is -2.26. The number of rotatable bonds is 6. The Morgan fingerprint density at radius 1 is 1.29 bits per heavy atom. The number of ether oxygens (including phenoxy) is 1. The normalized spacial score (nSPS) is 16.6. The average molecular weight is 390 g/mol. The molecular formula is C18H20BrN3O2. The average Bonchev–Trinajstić information content (AvgIpc) is 3.27. The van der Waals surface area contributed by atoms with Crippen LogP contribution in [-0.4, -0.2) is 33.0 Å². The maximum atomic E-state index is 12.5. The zero-order valence-corrected chi connectivity index (χ0v) is 15.3. The molecule has 1 fully saturated rings. The maximum Gasteiger partial charge on any atom is 0.291 e. The first-order chi connectivity index (χ1) is 11.7. The van der Waals surface area contributed by atoms with Crippen molar-refractivity contribution in [2.75, 3.05) is 6.54 Å². The van der Waals surface area contributed by atoms with Crippen molar-refractivity contribution in [1.29, 1.82) is 0 Å². The summed E-state index contributed by atoms with van der Waals surface area (Å²) >= 11 is 3.51. The zero-order valence-electron chi connectivity index (χ0n) is 13.7. The van der Waals surface area contributed by atoms with E-state index in [-0.39, 0.29) is 5.91 Å². The van der Waals surface area contributed by atoms with E-state index in [4.69, 9.17) is 4.74 Å². The molecule has 1 amide bonds. The van der Waals surface area contributed by atoms with Gasteiger partial charge in [0.25, 0.3) is 5.91 Å². The smallest absolute Gasteiger partial charge is 0.291 e. The lowest BCUT2D eigenvalue weighted by molar-refractivity contribution is 0.0763. The van der Waals surface area contributed by atoms with Gasteiger partial charge in [-0.15, -0.1) is 0 Å². The van der Waals surface area contributed by atoms with Gasteiger partial charge in [0.15, 0.2) is 0 Å². The summed E-state index contributed by atoms with van der Waals surface area (Å²) in [6.45, 7) is 3.48. The standard InChI is InChI=1S/C18H20BrN3O2/c1-2-3-10-21-11-22-15(16(19)20-17(22)18(21)23)12-4-6-13(7-5-12)24-14-8-9-14/h4-7,14H,2-3,8-11H2,1H3. The molecule has 1 aliphatic carbocycles. The summed E-state index contributed by atoms with van der Waals surface area (Å²) in [6.07, 6.45) is 4.79. The predicted octanol–water partition coefficient (Wildman–Crippen LogP) is 4.07. The van der Waals surface area contributed by atoms with Gasteiger partial charge in [-0.2, -0.15) is 0 Å². The molecule has 126 valence electrons. The summed E-state index contributed by atoms with van der Waals surface area (Å²) in [5.74, 6) is 1.44. The summed E-state index contributed by atoms with van der Waals surface area (Å²) in [7, 11) is 0. The summed E-state index contributed by atoms with van der Waals surface area (Å²) in [4.78, 5) is 18.8. The zero-order chi connectivity index (χ0) is 16.7. The van der Waals surface area contributed by atoms with Crippen LogP contribution in [0.15, 0.2) is 28.9 Å². The number of nitrogens with zero attached hydrogens (tertiary/aromatic N) is 3. The van der Waals surface area contributed by atoms with Crippen LogP contribution in [0.1, 0.15) is 43.2 Å². The Bertz CT molecular complexity index is 765. The lowest BCUT2D eigenvalue weighted by atomic mass is 10.1.